The van der Waals surface area contributed by atoms with Gasteiger partial charge in [0, 0.05) is 37.1 Å². The standard InChI is InChI=1S/C30H42N2O10/c1-6-42-27(38)12-8-7-11-23(31-25(35)13-14-26(36)37)24(34)17-20-10-9-15-32(28(20)39)19-22(33)16-21(29(40)41-5)18-30(2,3)4/h8-10,12,15,21,23H,6-7,11,13-14,16-19H2,1-5H3,(H,31,35)(H,36,37)/b12-8+/t21-,23-/m0/s1. The number of Topliss-reactive ketones (excluding diaryl/α,β-unsaturated/α-hetero) is 2. The van der Waals surface area contributed by atoms with Crippen LogP contribution in [0.3, 0.4) is 0 Å². The van der Waals surface area contributed by atoms with E-state index in [4.69, 9.17) is 14.6 Å². The molecule has 1 rings (SSSR count). The number of allylic oxidation sites excluding steroid dienone is 1. The van der Waals surface area contributed by atoms with Gasteiger partial charge in [0.25, 0.3) is 5.56 Å². The Kier molecular flexibility index (Phi) is 15.1. The molecule has 0 spiro atoms. The second-order valence-electron chi connectivity index (χ2n) is 11.1. The molecule has 12 heteroatoms. The molecule has 1 aromatic rings. The lowest BCUT2D eigenvalue weighted by Gasteiger charge is -2.24. The van der Waals surface area contributed by atoms with E-state index in [0.29, 0.717) is 6.42 Å². The number of carbonyl (C=O) groups excluding carboxylic acids is 5. The minimum Gasteiger partial charge on any atom is -0.481 e. The summed E-state index contributed by atoms with van der Waals surface area (Å²) >= 11 is 0. The Balaban J connectivity index is 3.03. The van der Waals surface area contributed by atoms with Crippen LogP contribution in [0.1, 0.15) is 71.8 Å². The van der Waals surface area contributed by atoms with E-state index in [1.165, 1.54) is 42.2 Å². The minimum absolute atomic E-state index is 0.0930. The smallest absolute Gasteiger partial charge is 0.330 e. The fourth-order valence-corrected chi connectivity index (χ4v) is 4.26. The van der Waals surface area contributed by atoms with Gasteiger partial charge in [0.2, 0.25) is 5.91 Å². The second kappa shape index (κ2) is 17.7. The average Bonchev–Trinajstić information content (AvgIpc) is 2.89. The summed E-state index contributed by atoms with van der Waals surface area (Å²) in [6, 6.07) is 1.92. The van der Waals surface area contributed by atoms with E-state index in [9.17, 15) is 33.6 Å². The largest absolute Gasteiger partial charge is 0.481 e. The first-order valence-electron chi connectivity index (χ1n) is 13.8. The Morgan fingerprint density at radius 2 is 1.81 bits per heavy atom. The molecule has 0 aliphatic heterocycles. The van der Waals surface area contributed by atoms with Crippen LogP contribution in [0, 0.1) is 11.3 Å². The molecule has 0 bridgehead atoms. The van der Waals surface area contributed by atoms with Gasteiger partial charge >= 0.3 is 17.9 Å². The lowest BCUT2D eigenvalue weighted by Crippen LogP contribution is -2.42. The number of ether oxygens (including phenoxy) is 2. The van der Waals surface area contributed by atoms with E-state index >= 15 is 0 Å². The Hall–Kier alpha value is -4.09. The topological polar surface area (TPSA) is 175 Å². The van der Waals surface area contributed by atoms with Crippen molar-refractivity contribution in [1.29, 1.82) is 0 Å². The number of hydrogen-bond acceptors (Lipinski definition) is 9. The minimum atomic E-state index is -1.17. The summed E-state index contributed by atoms with van der Waals surface area (Å²) in [5.41, 5.74) is -0.700. The molecular weight excluding hydrogens is 548 g/mol. The van der Waals surface area contributed by atoms with Crippen LogP contribution < -0.4 is 10.9 Å². The summed E-state index contributed by atoms with van der Waals surface area (Å²) in [5.74, 6) is -4.37. The van der Waals surface area contributed by atoms with E-state index in [2.05, 4.69) is 5.32 Å². The number of methoxy groups -OCH3 is 1. The maximum atomic E-state index is 13.2. The third-order valence-corrected chi connectivity index (χ3v) is 6.13. The number of esters is 2. The van der Waals surface area contributed by atoms with Gasteiger partial charge in [-0.2, -0.15) is 0 Å². The fraction of sp³-hybridized carbons (Fsp3) is 0.567. The summed E-state index contributed by atoms with van der Waals surface area (Å²) in [5, 5.41) is 11.4. The summed E-state index contributed by atoms with van der Waals surface area (Å²) < 4.78 is 10.8. The van der Waals surface area contributed by atoms with Crippen LogP contribution in [0.25, 0.3) is 0 Å². The number of nitrogens with one attached hydrogen (secondary N) is 1. The van der Waals surface area contributed by atoms with Crippen LogP contribution in [0.15, 0.2) is 35.3 Å². The monoisotopic (exact) mass is 590 g/mol. The van der Waals surface area contributed by atoms with Crippen molar-refractivity contribution in [2.45, 2.75) is 85.2 Å². The molecule has 0 aliphatic rings. The zero-order chi connectivity index (χ0) is 31.9. The number of amides is 1. The van der Waals surface area contributed by atoms with Gasteiger partial charge < -0.3 is 24.5 Å². The summed E-state index contributed by atoms with van der Waals surface area (Å²) in [4.78, 5) is 86.0. The van der Waals surface area contributed by atoms with Crippen molar-refractivity contribution in [1.82, 2.24) is 9.88 Å². The first-order valence-corrected chi connectivity index (χ1v) is 13.8. The zero-order valence-corrected chi connectivity index (χ0v) is 25.0. The van der Waals surface area contributed by atoms with Crippen molar-refractivity contribution in [2.24, 2.45) is 11.3 Å². The molecule has 0 aliphatic carbocycles. The molecule has 0 radical (unpaired) electrons. The van der Waals surface area contributed by atoms with Crippen molar-refractivity contribution in [3.8, 4) is 0 Å². The van der Waals surface area contributed by atoms with Gasteiger partial charge in [-0.15, -0.1) is 0 Å². The maximum absolute atomic E-state index is 13.2. The van der Waals surface area contributed by atoms with Crippen LogP contribution in [-0.2, 0) is 51.2 Å². The van der Waals surface area contributed by atoms with Gasteiger partial charge in [0.1, 0.15) is 0 Å². The van der Waals surface area contributed by atoms with E-state index in [1.807, 2.05) is 20.8 Å². The number of pyridine rings is 1. The van der Waals surface area contributed by atoms with Gasteiger partial charge in [-0.25, -0.2) is 4.79 Å². The number of rotatable bonds is 18. The number of carboxylic acid groups (broad SMARTS) is 1. The highest BCUT2D eigenvalue weighted by Crippen LogP contribution is 2.27. The molecule has 2 atom stereocenters. The number of aromatic nitrogens is 1. The molecule has 232 valence electrons. The lowest BCUT2D eigenvalue weighted by atomic mass is 9.82. The van der Waals surface area contributed by atoms with Crippen LogP contribution >= 0.6 is 0 Å². The highest BCUT2D eigenvalue weighted by atomic mass is 16.5. The number of hydrogen-bond donors (Lipinski definition) is 2. The van der Waals surface area contributed by atoms with Gasteiger partial charge in [0.05, 0.1) is 38.6 Å². The van der Waals surface area contributed by atoms with Gasteiger partial charge in [-0.1, -0.05) is 32.9 Å². The van der Waals surface area contributed by atoms with Crippen molar-refractivity contribution in [2.75, 3.05) is 13.7 Å². The van der Waals surface area contributed by atoms with E-state index < -0.39 is 53.5 Å². The third-order valence-electron chi connectivity index (χ3n) is 6.13. The maximum Gasteiger partial charge on any atom is 0.330 e. The van der Waals surface area contributed by atoms with Crippen LogP contribution in [0.4, 0.5) is 0 Å². The highest BCUT2D eigenvalue weighted by Gasteiger charge is 2.28. The predicted molar refractivity (Wildman–Crippen MR) is 152 cm³/mol. The molecule has 1 heterocycles. The van der Waals surface area contributed by atoms with Gasteiger partial charge in [-0.05, 0) is 37.7 Å². The molecule has 2 N–H and O–H groups in total. The third kappa shape index (κ3) is 14.0. The molecule has 0 saturated carbocycles. The Bertz CT molecular complexity index is 1210. The predicted octanol–water partition coefficient (Wildman–Crippen LogP) is 2.39. The van der Waals surface area contributed by atoms with E-state index in [1.54, 1.807) is 6.92 Å². The molecule has 1 amide bonds. The second-order valence-corrected chi connectivity index (χ2v) is 11.1. The number of aliphatic carboxylic acids is 1. The van der Waals surface area contributed by atoms with Crippen LogP contribution in [0.2, 0.25) is 0 Å². The number of ketones is 2. The van der Waals surface area contributed by atoms with Crippen molar-refractivity contribution < 1.29 is 43.3 Å². The van der Waals surface area contributed by atoms with E-state index in [0.717, 1.165) is 0 Å². The first kappa shape index (κ1) is 35.9. The number of carbonyl (C=O) groups is 6. The van der Waals surface area contributed by atoms with Gasteiger partial charge in [-0.3, -0.25) is 28.8 Å². The first-order chi connectivity index (χ1) is 19.7. The Morgan fingerprint density at radius 3 is 2.40 bits per heavy atom. The SMILES string of the molecule is CCOC(=O)/C=C/CC[C@H](NC(=O)CCC(=O)O)C(=O)Cc1cccn(CC(=O)C[C@@H](CC(C)(C)C)C(=O)OC)c1=O. The van der Waals surface area contributed by atoms with Crippen molar-refractivity contribution in [3.05, 3.63) is 46.4 Å². The number of carboxylic acids is 1. The van der Waals surface area contributed by atoms with Crippen LogP contribution in [-0.4, -0.2) is 64.8 Å². The molecule has 0 fully saturated rings. The highest BCUT2D eigenvalue weighted by molar-refractivity contribution is 5.91. The quantitative estimate of drug-likeness (QED) is 0.191. The van der Waals surface area contributed by atoms with Crippen molar-refractivity contribution >= 4 is 35.4 Å². The summed E-state index contributed by atoms with van der Waals surface area (Å²) in [7, 11) is 1.26. The molecular formula is C30H42N2O10. The van der Waals surface area contributed by atoms with Crippen molar-refractivity contribution in [3.63, 3.8) is 0 Å². The Morgan fingerprint density at radius 1 is 1.12 bits per heavy atom. The number of nitrogens with zero attached hydrogens (tertiary/aromatic N) is 1. The molecule has 1 aromatic heterocycles. The van der Waals surface area contributed by atoms with Crippen LogP contribution in [0.5, 0.6) is 0 Å². The lowest BCUT2D eigenvalue weighted by molar-refractivity contribution is -0.148. The molecule has 0 aromatic carbocycles. The van der Waals surface area contributed by atoms with Gasteiger partial charge in [0.15, 0.2) is 11.6 Å². The summed E-state index contributed by atoms with van der Waals surface area (Å²) in [6.45, 7) is 7.39. The summed E-state index contributed by atoms with van der Waals surface area (Å²) in [6.07, 6.45) is 3.63. The fourth-order valence-electron chi connectivity index (χ4n) is 4.26. The molecule has 42 heavy (non-hydrogen) atoms. The van der Waals surface area contributed by atoms with E-state index in [-0.39, 0.29) is 62.0 Å². The molecule has 12 nitrogen and oxygen atoms in total. The average molecular weight is 591 g/mol. The Labute approximate surface area is 245 Å². The molecule has 0 unspecified atom stereocenters. The zero-order valence-electron chi connectivity index (χ0n) is 25.0. The molecule has 0 saturated heterocycles. The normalized spacial score (nSPS) is 12.8.